The molecule has 8 rings (SSSR count). The van der Waals surface area contributed by atoms with Gasteiger partial charge in [0, 0.05) is 58.8 Å². The third kappa shape index (κ3) is 9.66. The Morgan fingerprint density at radius 3 is 1.47 bits per heavy atom. The number of pyridine rings is 4. The van der Waals surface area contributed by atoms with Crippen molar-refractivity contribution in [3.05, 3.63) is 156 Å². The average Bonchev–Trinajstić information content (AvgIpc) is 3.22. The number of alkyl halides is 6. The Morgan fingerprint density at radius 1 is 0.565 bits per heavy atom. The fourth-order valence-electron chi connectivity index (χ4n) is 6.79. The second kappa shape index (κ2) is 17.5. The summed E-state index contributed by atoms with van der Waals surface area (Å²) in [6.45, 7) is 3.60. The lowest BCUT2D eigenvalue weighted by molar-refractivity contribution is -0.137. The van der Waals surface area contributed by atoms with E-state index < -0.39 is 33.3 Å². The van der Waals surface area contributed by atoms with Gasteiger partial charge in [-0.1, -0.05) is 48.5 Å². The molecular formula is C46H34F6N4O4S2. The molecule has 8 aromatic rings. The third-order valence-electron chi connectivity index (χ3n) is 9.55. The van der Waals surface area contributed by atoms with Crippen molar-refractivity contribution in [2.24, 2.45) is 0 Å². The van der Waals surface area contributed by atoms with Crippen molar-refractivity contribution in [3.8, 4) is 45.5 Å². The van der Waals surface area contributed by atoms with E-state index in [2.05, 4.69) is 19.9 Å². The largest absolute Gasteiger partial charge is 0.439 e. The van der Waals surface area contributed by atoms with Crippen LogP contribution in [0, 0.1) is 13.8 Å². The quantitative estimate of drug-likeness (QED) is 0.109. The Morgan fingerprint density at radius 2 is 1.02 bits per heavy atom. The van der Waals surface area contributed by atoms with Gasteiger partial charge in [0.25, 0.3) is 0 Å². The summed E-state index contributed by atoms with van der Waals surface area (Å²) in [4.78, 5) is 17.5. The first-order valence-electron chi connectivity index (χ1n) is 18.5. The highest BCUT2D eigenvalue weighted by atomic mass is 32.2. The van der Waals surface area contributed by atoms with Gasteiger partial charge in [-0.15, -0.1) is 11.8 Å². The number of fused-ring (bicyclic) bond motifs is 2. The number of aromatic nitrogens is 4. The number of rotatable bonds is 8. The van der Waals surface area contributed by atoms with Crippen LogP contribution < -0.4 is 9.47 Å². The van der Waals surface area contributed by atoms with E-state index >= 15 is 0 Å². The molecule has 4 aromatic heterocycles. The SMILES string of the molecule is CSc1ccnc(Oc2cccc(-c3c(C)cnc4c(C(F)(F)F)cccc34)c2)c1.Cc1cnc2c(C(F)(F)F)cccc2c1-c1cccc(Oc2cc(S(C)(=O)=O)ccn2)c1. The van der Waals surface area contributed by atoms with Crippen molar-refractivity contribution < 1.29 is 44.2 Å². The number of nitrogens with zero attached hydrogens (tertiary/aromatic N) is 4. The maximum atomic E-state index is 13.5. The number of thioether (sulfide) groups is 1. The van der Waals surface area contributed by atoms with E-state index in [1.165, 1.54) is 42.9 Å². The zero-order valence-electron chi connectivity index (χ0n) is 33.2. The van der Waals surface area contributed by atoms with Crippen molar-refractivity contribution >= 4 is 43.4 Å². The Kier molecular flexibility index (Phi) is 12.3. The van der Waals surface area contributed by atoms with E-state index in [-0.39, 0.29) is 21.8 Å². The first-order valence-corrected chi connectivity index (χ1v) is 21.7. The molecule has 0 spiro atoms. The van der Waals surface area contributed by atoms with Crippen LogP contribution in [0.4, 0.5) is 26.3 Å². The molecule has 8 nitrogen and oxygen atoms in total. The van der Waals surface area contributed by atoms with Crippen molar-refractivity contribution in [1.82, 2.24) is 19.9 Å². The molecule has 0 saturated carbocycles. The van der Waals surface area contributed by atoms with Gasteiger partial charge >= 0.3 is 12.4 Å². The van der Waals surface area contributed by atoms with Crippen LogP contribution >= 0.6 is 11.8 Å². The minimum atomic E-state index is -4.53. The molecule has 0 aliphatic heterocycles. The maximum absolute atomic E-state index is 13.5. The normalized spacial score (nSPS) is 11.9. The van der Waals surface area contributed by atoms with Crippen molar-refractivity contribution in [1.29, 1.82) is 0 Å². The molecule has 316 valence electrons. The van der Waals surface area contributed by atoms with Crippen LogP contribution in [-0.2, 0) is 22.2 Å². The molecule has 16 heteroatoms. The fourth-order valence-corrected chi connectivity index (χ4v) is 7.83. The van der Waals surface area contributed by atoms with Gasteiger partial charge in [-0.3, -0.25) is 9.97 Å². The lowest BCUT2D eigenvalue weighted by Gasteiger charge is -2.15. The van der Waals surface area contributed by atoms with Crippen LogP contribution in [0.1, 0.15) is 22.3 Å². The predicted molar refractivity (Wildman–Crippen MR) is 227 cm³/mol. The molecule has 62 heavy (non-hydrogen) atoms. The predicted octanol–water partition coefficient (Wildman–Crippen LogP) is 13.0. The second-order valence-corrected chi connectivity index (χ2v) is 16.8. The minimum Gasteiger partial charge on any atom is -0.439 e. The Labute approximate surface area is 356 Å². The van der Waals surface area contributed by atoms with Gasteiger partial charge in [-0.05, 0) is 102 Å². The summed E-state index contributed by atoms with van der Waals surface area (Å²) < 4.78 is 116. The fraction of sp³-hybridized carbons (Fsp3) is 0.130. The Balaban J connectivity index is 0.000000187. The van der Waals surface area contributed by atoms with Gasteiger partial charge < -0.3 is 9.47 Å². The van der Waals surface area contributed by atoms with Crippen LogP contribution in [0.3, 0.4) is 0 Å². The lowest BCUT2D eigenvalue weighted by Crippen LogP contribution is -2.07. The Bertz CT molecular complexity index is 3070. The van der Waals surface area contributed by atoms with Crippen LogP contribution in [0.5, 0.6) is 23.3 Å². The molecule has 0 aliphatic carbocycles. The molecule has 0 bridgehead atoms. The maximum Gasteiger partial charge on any atom is 0.418 e. The van der Waals surface area contributed by atoms with Crippen molar-refractivity contribution in [2.45, 2.75) is 36.0 Å². The highest BCUT2D eigenvalue weighted by Crippen LogP contribution is 2.41. The highest BCUT2D eigenvalue weighted by molar-refractivity contribution is 7.98. The Hall–Kier alpha value is -6.52. The molecular weight excluding hydrogens is 851 g/mol. The minimum absolute atomic E-state index is 0.0636. The van der Waals surface area contributed by atoms with Gasteiger partial charge in [-0.25, -0.2) is 18.4 Å². The van der Waals surface area contributed by atoms with Crippen molar-refractivity contribution in [2.75, 3.05) is 12.5 Å². The molecule has 0 unspecified atom stereocenters. The molecule has 0 fully saturated rings. The number of halogens is 6. The number of hydrogen-bond acceptors (Lipinski definition) is 9. The van der Waals surface area contributed by atoms with Crippen LogP contribution in [0.2, 0.25) is 0 Å². The number of sulfone groups is 1. The molecule has 0 aliphatic rings. The lowest BCUT2D eigenvalue weighted by atomic mass is 9.95. The van der Waals surface area contributed by atoms with Gasteiger partial charge in [0.2, 0.25) is 11.8 Å². The molecule has 4 heterocycles. The van der Waals surface area contributed by atoms with E-state index in [1.54, 1.807) is 73.4 Å². The molecule has 0 amide bonds. The van der Waals surface area contributed by atoms with E-state index in [1.807, 2.05) is 37.4 Å². The van der Waals surface area contributed by atoms with Gasteiger partial charge in [0.1, 0.15) is 11.5 Å². The third-order valence-corrected chi connectivity index (χ3v) is 11.4. The number of aryl methyl sites for hydroxylation is 2. The number of hydrogen-bond donors (Lipinski definition) is 0. The number of ether oxygens (including phenoxy) is 2. The molecule has 0 saturated heterocycles. The summed E-state index contributed by atoms with van der Waals surface area (Å²) in [5.41, 5.74) is 2.42. The standard InChI is InChI=1S/C23H17F3N2O3S.C23H17F3N2OS/c1-14-13-28-22-18(7-4-8-19(22)23(24,25)26)21(14)15-5-3-6-16(11-15)31-20-12-17(9-10-27-20)32(2,29)30;1-14-13-28-22-18(7-4-8-19(22)23(24,25)26)21(14)15-5-3-6-16(11-15)29-20-12-17(30-2)9-10-27-20/h3-13H,1-2H3;3-13H,1-2H3. The number of benzene rings is 4. The summed E-state index contributed by atoms with van der Waals surface area (Å²) in [7, 11) is -3.43. The average molecular weight is 885 g/mol. The van der Waals surface area contributed by atoms with Gasteiger partial charge in [0.05, 0.1) is 27.1 Å². The van der Waals surface area contributed by atoms with Crippen LogP contribution in [0.25, 0.3) is 44.1 Å². The smallest absolute Gasteiger partial charge is 0.418 e. The first-order chi connectivity index (χ1) is 29.4. The van der Waals surface area contributed by atoms with Gasteiger partial charge in [-0.2, -0.15) is 26.3 Å². The number of para-hydroxylation sites is 2. The molecule has 0 N–H and O–H groups in total. The van der Waals surface area contributed by atoms with Gasteiger partial charge in [0.15, 0.2) is 9.84 Å². The van der Waals surface area contributed by atoms with Crippen LogP contribution in [0.15, 0.2) is 144 Å². The summed E-state index contributed by atoms with van der Waals surface area (Å²) >= 11 is 1.58. The molecule has 4 aromatic carbocycles. The van der Waals surface area contributed by atoms with Crippen molar-refractivity contribution in [3.63, 3.8) is 0 Å². The second-order valence-electron chi connectivity index (χ2n) is 13.9. The monoisotopic (exact) mass is 884 g/mol. The van der Waals surface area contributed by atoms with E-state index in [4.69, 9.17) is 9.47 Å². The first kappa shape index (κ1) is 43.6. The summed E-state index contributed by atoms with van der Waals surface area (Å²) in [5.74, 6) is 1.45. The molecule has 0 radical (unpaired) electrons. The zero-order chi connectivity index (χ0) is 44.4. The van der Waals surface area contributed by atoms with E-state index in [0.717, 1.165) is 34.4 Å². The zero-order valence-corrected chi connectivity index (χ0v) is 34.8. The summed E-state index contributed by atoms with van der Waals surface area (Å²) in [5, 5.41) is 0.818. The van der Waals surface area contributed by atoms with Crippen LogP contribution in [-0.4, -0.2) is 40.9 Å². The molecule has 0 atom stereocenters. The van der Waals surface area contributed by atoms with E-state index in [0.29, 0.717) is 50.4 Å². The van der Waals surface area contributed by atoms with E-state index in [9.17, 15) is 34.8 Å². The summed E-state index contributed by atoms with van der Waals surface area (Å²) in [6, 6.07) is 28.5. The summed E-state index contributed by atoms with van der Waals surface area (Å²) in [6.07, 6.45) is -0.0652. The highest BCUT2D eigenvalue weighted by Gasteiger charge is 2.34. The topological polar surface area (TPSA) is 104 Å².